The second kappa shape index (κ2) is 7.88. The Hall–Kier alpha value is -0.580. The topological polar surface area (TPSA) is 30.5 Å². The fraction of sp³-hybridized carbons (Fsp3) is 0.600. The fourth-order valence-corrected chi connectivity index (χ4v) is 2.50. The molecule has 0 fully saturated rings. The molecule has 1 rings (SSSR count). The van der Waals surface area contributed by atoms with Crippen molar-refractivity contribution >= 4 is 15.9 Å². The summed E-state index contributed by atoms with van der Waals surface area (Å²) in [6.07, 6.45) is 0.0441. The first-order valence-corrected chi connectivity index (χ1v) is 7.41. The maximum absolute atomic E-state index is 6.02. The van der Waals surface area contributed by atoms with Crippen LogP contribution in [0.5, 0.6) is 5.75 Å². The van der Waals surface area contributed by atoms with E-state index in [1.807, 2.05) is 6.92 Å². The number of benzene rings is 1. The van der Waals surface area contributed by atoms with Gasteiger partial charge in [-0.25, -0.2) is 0 Å². The summed E-state index contributed by atoms with van der Waals surface area (Å²) >= 11 is 3.54. The number of rotatable bonds is 7. The quantitative estimate of drug-likeness (QED) is 0.827. The summed E-state index contributed by atoms with van der Waals surface area (Å²) in [5.41, 5.74) is 2.31. The van der Waals surface area contributed by atoms with Crippen LogP contribution in [0.2, 0.25) is 0 Å². The van der Waals surface area contributed by atoms with Crippen LogP contribution < -0.4 is 10.1 Å². The van der Waals surface area contributed by atoms with E-state index in [2.05, 4.69) is 54.2 Å². The monoisotopic (exact) mass is 329 g/mol. The van der Waals surface area contributed by atoms with E-state index < -0.39 is 0 Å². The molecule has 0 bridgehead atoms. The Morgan fingerprint density at radius 2 is 1.95 bits per heavy atom. The highest BCUT2D eigenvalue weighted by Gasteiger charge is 2.12. The Morgan fingerprint density at radius 3 is 2.53 bits per heavy atom. The van der Waals surface area contributed by atoms with Gasteiger partial charge < -0.3 is 14.8 Å². The summed E-state index contributed by atoms with van der Waals surface area (Å²) in [6, 6.07) is 4.63. The van der Waals surface area contributed by atoms with Crippen LogP contribution in [0.4, 0.5) is 0 Å². The second-order valence-corrected chi connectivity index (χ2v) is 6.05. The van der Waals surface area contributed by atoms with Gasteiger partial charge in [-0.15, -0.1) is 0 Å². The summed E-state index contributed by atoms with van der Waals surface area (Å²) in [7, 11) is 1.69. The third-order valence-electron chi connectivity index (χ3n) is 2.74. The Kier molecular flexibility index (Phi) is 6.83. The van der Waals surface area contributed by atoms with Crippen LogP contribution in [-0.2, 0) is 11.3 Å². The van der Waals surface area contributed by atoms with Crippen molar-refractivity contribution in [1.29, 1.82) is 0 Å². The summed E-state index contributed by atoms with van der Waals surface area (Å²) in [6.45, 7) is 9.75. The minimum Gasteiger partial charge on any atom is -0.488 e. The van der Waals surface area contributed by atoms with Crippen LogP contribution in [0.25, 0.3) is 0 Å². The predicted molar refractivity (Wildman–Crippen MR) is 82.8 cm³/mol. The zero-order chi connectivity index (χ0) is 14.4. The molecule has 0 aliphatic rings. The molecule has 19 heavy (non-hydrogen) atoms. The first-order valence-electron chi connectivity index (χ1n) is 6.62. The molecule has 1 aromatic rings. The summed E-state index contributed by atoms with van der Waals surface area (Å²) in [5, 5.41) is 3.43. The average molecular weight is 330 g/mol. The molecule has 0 radical (unpaired) electrons. The van der Waals surface area contributed by atoms with Crippen LogP contribution in [0.15, 0.2) is 16.6 Å². The molecule has 1 aromatic carbocycles. The number of methoxy groups -OCH3 is 1. The van der Waals surface area contributed by atoms with E-state index in [4.69, 9.17) is 9.47 Å². The van der Waals surface area contributed by atoms with Crippen LogP contribution in [0.1, 0.15) is 31.9 Å². The molecule has 0 aliphatic carbocycles. The average Bonchev–Trinajstić information content (AvgIpc) is 2.30. The van der Waals surface area contributed by atoms with E-state index in [9.17, 15) is 0 Å². The second-order valence-electron chi connectivity index (χ2n) is 5.13. The molecule has 0 amide bonds. The van der Waals surface area contributed by atoms with Crippen molar-refractivity contribution in [2.24, 2.45) is 0 Å². The highest BCUT2D eigenvalue weighted by atomic mass is 79.9. The first kappa shape index (κ1) is 16.5. The molecule has 0 saturated carbocycles. The van der Waals surface area contributed by atoms with Crippen molar-refractivity contribution in [2.45, 2.75) is 46.4 Å². The number of ether oxygens (including phenoxy) is 2. The lowest BCUT2D eigenvalue weighted by Crippen LogP contribution is -2.24. The number of hydrogen-bond acceptors (Lipinski definition) is 3. The van der Waals surface area contributed by atoms with Crippen molar-refractivity contribution in [3.05, 3.63) is 27.7 Å². The van der Waals surface area contributed by atoms with Crippen LogP contribution in [0.3, 0.4) is 0 Å². The van der Waals surface area contributed by atoms with Gasteiger partial charge in [-0.2, -0.15) is 0 Å². The van der Waals surface area contributed by atoms with Gasteiger partial charge >= 0.3 is 0 Å². The molecule has 0 aromatic heterocycles. The largest absolute Gasteiger partial charge is 0.488 e. The van der Waals surface area contributed by atoms with E-state index in [1.54, 1.807) is 7.11 Å². The van der Waals surface area contributed by atoms with Crippen molar-refractivity contribution in [3.8, 4) is 5.75 Å². The smallest absolute Gasteiger partial charge is 0.127 e. The molecule has 0 aliphatic heterocycles. The maximum Gasteiger partial charge on any atom is 0.127 e. The van der Waals surface area contributed by atoms with Crippen molar-refractivity contribution < 1.29 is 9.47 Å². The molecule has 4 heteroatoms. The van der Waals surface area contributed by atoms with Gasteiger partial charge in [-0.05, 0) is 31.5 Å². The Labute approximate surface area is 124 Å². The lowest BCUT2D eigenvalue weighted by atomic mass is 10.1. The van der Waals surface area contributed by atoms with Crippen LogP contribution in [0, 0.1) is 6.92 Å². The Balaban J connectivity index is 2.92. The molecule has 0 heterocycles. The van der Waals surface area contributed by atoms with Gasteiger partial charge in [0.25, 0.3) is 0 Å². The van der Waals surface area contributed by atoms with E-state index in [1.165, 1.54) is 5.56 Å². The maximum atomic E-state index is 6.02. The van der Waals surface area contributed by atoms with Gasteiger partial charge in [-0.3, -0.25) is 0 Å². The number of hydrogen-bond donors (Lipinski definition) is 1. The van der Waals surface area contributed by atoms with Gasteiger partial charge in [0.2, 0.25) is 0 Å². The van der Waals surface area contributed by atoms with E-state index in [0.29, 0.717) is 12.6 Å². The van der Waals surface area contributed by atoms with Gasteiger partial charge in [0.05, 0.1) is 6.61 Å². The zero-order valence-corrected chi connectivity index (χ0v) is 14.0. The number of nitrogens with one attached hydrogen (secondary N) is 1. The van der Waals surface area contributed by atoms with Gasteiger partial charge in [0.15, 0.2) is 0 Å². The molecule has 108 valence electrons. The van der Waals surface area contributed by atoms with E-state index in [0.717, 1.165) is 22.3 Å². The summed E-state index contributed by atoms with van der Waals surface area (Å²) < 4.78 is 12.2. The molecule has 0 spiro atoms. The fourth-order valence-electron chi connectivity index (χ4n) is 1.88. The highest BCUT2D eigenvalue weighted by Crippen LogP contribution is 2.29. The molecule has 3 nitrogen and oxygen atoms in total. The Morgan fingerprint density at radius 1 is 1.26 bits per heavy atom. The predicted octanol–water partition coefficient (Wildman–Crippen LogP) is 3.67. The zero-order valence-electron chi connectivity index (χ0n) is 12.4. The van der Waals surface area contributed by atoms with Crippen LogP contribution in [-0.4, -0.2) is 25.9 Å². The lowest BCUT2D eigenvalue weighted by molar-refractivity contribution is 0.0908. The lowest BCUT2D eigenvalue weighted by Gasteiger charge is -2.20. The molecule has 0 saturated heterocycles. The van der Waals surface area contributed by atoms with Gasteiger partial charge in [0, 0.05) is 29.7 Å². The minimum atomic E-state index is 0.0441. The normalized spacial score (nSPS) is 12.8. The molecule has 1 unspecified atom stereocenters. The third kappa shape index (κ3) is 5.51. The third-order valence-corrected chi connectivity index (χ3v) is 3.20. The van der Waals surface area contributed by atoms with Crippen molar-refractivity contribution in [3.63, 3.8) is 0 Å². The molecule has 1 atom stereocenters. The van der Waals surface area contributed by atoms with Crippen molar-refractivity contribution in [1.82, 2.24) is 5.32 Å². The van der Waals surface area contributed by atoms with E-state index >= 15 is 0 Å². The van der Waals surface area contributed by atoms with Gasteiger partial charge in [-0.1, -0.05) is 29.8 Å². The van der Waals surface area contributed by atoms with Crippen molar-refractivity contribution in [2.75, 3.05) is 13.7 Å². The Bertz CT molecular complexity index is 407. The van der Waals surface area contributed by atoms with Gasteiger partial charge in [0.1, 0.15) is 11.9 Å². The summed E-state index contributed by atoms with van der Waals surface area (Å²) in [4.78, 5) is 0. The molecule has 1 N–H and O–H groups in total. The number of halogens is 1. The minimum absolute atomic E-state index is 0.0441. The highest BCUT2D eigenvalue weighted by molar-refractivity contribution is 9.10. The SMILES string of the molecule is COCC(C)Oc1c(C)cc(Br)cc1CNC(C)C. The summed E-state index contributed by atoms with van der Waals surface area (Å²) in [5.74, 6) is 0.959. The van der Waals surface area contributed by atoms with Crippen LogP contribution >= 0.6 is 15.9 Å². The molecular weight excluding hydrogens is 306 g/mol. The standard InChI is InChI=1S/C15H24BrNO2/c1-10(2)17-8-13-7-14(16)6-11(3)15(13)19-12(4)9-18-5/h6-7,10,12,17H,8-9H2,1-5H3. The van der Waals surface area contributed by atoms with E-state index in [-0.39, 0.29) is 6.10 Å². The molecular formula is C15H24BrNO2. The number of aryl methyl sites for hydroxylation is 1. The first-order chi connectivity index (χ1) is 8.93.